The number of carbonyl (C=O) groups is 1. The minimum atomic E-state index is 0.305. The second-order valence-corrected chi connectivity index (χ2v) is 4.42. The molecule has 0 spiro atoms. The van der Waals surface area contributed by atoms with Crippen LogP contribution in [0.15, 0.2) is 0 Å². The van der Waals surface area contributed by atoms with Gasteiger partial charge in [0, 0.05) is 45.2 Å². The van der Waals surface area contributed by atoms with E-state index >= 15 is 0 Å². The number of carbonyl (C=O) groups excluding carboxylic acids is 1. The van der Waals surface area contributed by atoms with Gasteiger partial charge >= 0.3 is 0 Å². The van der Waals surface area contributed by atoms with Crippen molar-refractivity contribution in [3.05, 3.63) is 0 Å². The molecule has 0 radical (unpaired) electrons. The van der Waals surface area contributed by atoms with Gasteiger partial charge in [-0.3, -0.25) is 9.69 Å². The van der Waals surface area contributed by atoms with E-state index in [2.05, 4.69) is 10.2 Å². The molecule has 2 aliphatic rings. The molecule has 4 nitrogen and oxygen atoms in total. The molecule has 4 heteroatoms. The first-order chi connectivity index (χ1) is 7.31. The molecule has 0 saturated carbocycles. The quantitative estimate of drug-likeness (QED) is 0.693. The van der Waals surface area contributed by atoms with Crippen LogP contribution in [0.25, 0.3) is 0 Å². The average molecular weight is 211 g/mol. The zero-order valence-corrected chi connectivity index (χ0v) is 9.54. The van der Waals surface area contributed by atoms with Crippen molar-refractivity contribution in [1.82, 2.24) is 15.1 Å². The Balaban J connectivity index is 1.78. The minimum absolute atomic E-state index is 0.305. The van der Waals surface area contributed by atoms with Gasteiger partial charge in [-0.2, -0.15) is 0 Å². The smallest absolute Gasteiger partial charge is 0.222 e. The molecular formula is C11H21N3O. The predicted octanol–water partition coefficient (Wildman–Crippen LogP) is -0.0975. The van der Waals surface area contributed by atoms with E-state index in [1.54, 1.807) is 0 Å². The fourth-order valence-corrected chi connectivity index (χ4v) is 2.51. The number of nitrogens with zero attached hydrogens (tertiary/aromatic N) is 2. The summed E-state index contributed by atoms with van der Waals surface area (Å²) in [7, 11) is 0. The maximum absolute atomic E-state index is 11.5. The van der Waals surface area contributed by atoms with Crippen LogP contribution in [-0.4, -0.2) is 61.0 Å². The molecule has 2 heterocycles. The first-order valence-corrected chi connectivity index (χ1v) is 6.04. The summed E-state index contributed by atoms with van der Waals surface area (Å²) < 4.78 is 0. The number of amides is 1. The van der Waals surface area contributed by atoms with E-state index in [-0.39, 0.29) is 0 Å². The van der Waals surface area contributed by atoms with Crippen molar-refractivity contribution in [2.24, 2.45) is 0 Å². The summed E-state index contributed by atoms with van der Waals surface area (Å²) in [5, 5.41) is 3.39. The highest BCUT2D eigenvalue weighted by Crippen LogP contribution is 2.12. The molecule has 2 saturated heterocycles. The second kappa shape index (κ2) is 4.94. The molecule has 0 aromatic rings. The normalized spacial score (nSPS) is 28.3. The average Bonchev–Trinajstić information content (AvgIpc) is 2.82. The molecule has 2 fully saturated rings. The van der Waals surface area contributed by atoms with Crippen LogP contribution in [0.5, 0.6) is 0 Å². The molecule has 1 atom stereocenters. The van der Waals surface area contributed by atoms with E-state index in [0.29, 0.717) is 18.4 Å². The largest absolute Gasteiger partial charge is 0.340 e. The fourth-order valence-electron chi connectivity index (χ4n) is 2.51. The van der Waals surface area contributed by atoms with Crippen molar-refractivity contribution in [3.63, 3.8) is 0 Å². The van der Waals surface area contributed by atoms with Gasteiger partial charge in [-0.1, -0.05) is 6.92 Å². The summed E-state index contributed by atoms with van der Waals surface area (Å²) >= 11 is 0. The molecule has 1 unspecified atom stereocenters. The summed E-state index contributed by atoms with van der Waals surface area (Å²) in [5.41, 5.74) is 0. The third-order valence-electron chi connectivity index (χ3n) is 3.52. The van der Waals surface area contributed by atoms with Gasteiger partial charge in [0.15, 0.2) is 0 Å². The van der Waals surface area contributed by atoms with E-state index in [1.165, 1.54) is 6.42 Å². The molecule has 0 aromatic carbocycles. The van der Waals surface area contributed by atoms with E-state index in [9.17, 15) is 4.79 Å². The Hall–Kier alpha value is -0.610. The van der Waals surface area contributed by atoms with Gasteiger partial charge in [0.05, 0.1) is 0 Å². The highest BCUT2D eigenvalue weighted by molar-refractivity contribution is 5.75. The van der Waals surface area contributed by atoms with Gasteiger partial charge in [0.1, 0.15) is 0 Å². The van der Waals surface area contributed by atoms with Crippen LogP contribution in [0.4, 0.5) is 0 Å². The highest BCUT2D eigenvalue weighted by Gasteiger charge is 2.26. The number of nitrogens with one attached hydrogen (secondary N) is 1. The minimum Gasteiger partial charge on any atom is -0.340 e. The van der Waals surface area contributed by atoms with Crippen molar-refractivity contribution in [1.29, 1.82) is 0 Å². The summed E-state index contributed by atoms with van der Waals surface area (Å²) in [6.07, 6.45) is 1.91. The molecule has 86 valence electrons. The Morgan fingerprint density at radius 2 is 2.07 bits per heavy atom. The van der Waals surface area contributed by atoms with Crippen LogP contribution in [0.2, 0.25) is 0 Å². The third-order valence-corrected chi connectivity index (χ3v) is 3.52. The lowest BCUT2D eigenvalue weighted by atomic mass is 10.2. The van der Waals surface area contributed by atoms with Crippen molar-refractivity contribution >= 4 is 5.91 Å². The lowest BCUT2D eigenvalue weighted by molar-refractivity contribution is -0.132. The van der Waals surface area contributed by atoms with E-state index in [0.717, 1.165) is 39.3 Å². The van der Waals surface area contributed by atoms with Crippen molar-refractivity contribution < 1.29 is 4.79 Å². The maximum Gasteiger partial charge on any atom is 0.222 e. The molecule has 0 aliphatic carbocycles. The van der Waals surface area contributed by atoms with Crippen molar-refractivity contribution in [2.75, 3.05) is 39.3 Å². The van der Waals surface area contributed by atoms with Crippen LogP contribution in [0.1, 0.15) is 19.8 Å². The molecule has 15 heavy (non-hydrogen) atoms. The molecule has 2 aliphatic heterocycles. The Bertz CT molecular complexity index is 218. The molecule has 2 rings (SSSR count). The van der Waals surface area contributed by atoms with Gasteiger partial charge in [-0.05, 0) is 13.0 Å². The van der Waals surface area contributed by atoms with Crippen LogP contribution < -0.4 is 5.32 Å². The van der Waals surface area contributed by atoms with Gasteiger partial charge in [-0.15, -0.1) is 0 Å². The lowest BCUT2D eigenvalue weighted by Crippen LogP contribution is -2.52. The number of piperazine rings is 1. The zero-order chi connectivity index (χ0) is 10.7. The Morgan fingerprint density at radius 1 is 1.33 bits per heavy atom. The van der Waals surface area contributed by atoms with Gasteiger partial charge < -0.3 is 10.2 Å². The zero-order valence-electron chi connectivity index (χ0n) is 9.54. The standard InChI is InChI=1S/C11H21N3O/c1-2-11(15)14-7-5-13(6-8-14)10-3-4-12-9-10/h10,12H,2-9H2,1H3. The van der Waals surface area contributed by atoms with Crippen LogP contribution in [-0.2, 0) is 4.79 Å². The number of rotatable bonds is 2. The Kier molecular flexibility index (Phi) is 3.59. The lowest BCUT2D eigenvalue weighted by Gasteiger charge is -2.37. The predicted molar refractivity (Wildman–Crippen MR) is 59.7 cm³/mol. The van der Waals surface area contributed by atoms with Crippen LogP contribution >= 0.6 is 0 Å². The second-order valence-electron chi connectivity index (χ2n) is 4.42. The Labute approximate surface area is 91.6 Å². The van der Waals surface area contributed by atoms with E-state index in [1.807, 2.05) is 11.8 Å². The summed E-state index contributed by atoms with van der Waals surface area (Å²) in [4.78, 5) is 16.0. The van der Waals surface area contributed by atoms with Gasteiger partial charge in [0.25, 0.3) is 0 Å². The van der Waals surface area contributed by atoms with Gasteiger partial charge in [0.2, 0.25) is 5.91 Å². The van der Waals surface area contributed by atoms with Crippen molar-refractivity contribution in [3.8, 4) is 0 Å². The fraction of sp³-hybridized carbons (Fsp3) is 0.909. The van der Waals surface area contributed by atoms with Crippen LogP contribution in [0, 0.1) is 0 Å². The maximum atomic E-state index is 11.5. The van der Waals surface area contributed by atoms with Crippen LogP contribution in [0.3, 0.4) is 0 Å². The Morgan fingerprint density at radius 3 is 2.60 bits per heavy atom. The first kappa shape index (κ1) is 10.9. The summed E-state index contributed by atoms with van der Waals surface area (Å²) in [6.45, 7) is 8.17. The molecule has 0 bridgehead atoms. The molecule has 1 N–H and O–H groups in total. The summed E-state index contributed by atoms with van der Waals surface area (Å²) in [6, 6.07) is 0.712. The highest BCUT2D eigenvalue weighted by atomic mass is 16.2. The van der Waals surface area contributed by atoms with E-state index in [4.69, 9.17) is 0 Å². The number of hydrogen-bond donors (Lipinski definition) is 1. The SMILES string of the molecule is CCC(=O)N1CCN(C2CCNC2)CC1. The van der Waals surface area contributed by atoms with E-state index < -0.39 is 0 Å². The summed E-state index contributed by atoms with van der Waals surface area (Å²) in [5.74, 6) is 0.305. The topological polar surface area (TPSA) is 35.6 Å². The van der Waals surface area contributed by atoms with Crippen molar-refractivity contribution in [2.45, 2.75) is 25.8 Å². The monoisotopic (exact) mass is 211 g/mol. The molecule has 1 amide bonds. The molecular weight excluding hydrogens is 190 g/mol. The number of hydrogen-bond acceptors (Lipinski definition) is 3. The van der Waals surface area contributed by atoms with Gasteiger partial charge in [-0.25, -0.2) is 0 Å². The molecule has 0 aromatic heterocycles. The first-order valence-electron chi connectivity index (χ1n) is 6.04. The third kappa shape index (κ3) is 2.49.